The normalized spacial score (nSPS) is 11.2. The number of halogens is 1. The Morgan fingerprint density at radius 1 is 1.33 bits per heavy atom. The van der Waals surface area contributed by atoms with Crippen LogP contribution in [0.2, 0.25) is 0 Å². The first-order chi connectivity index (χ1) is 8.11. The largest absolute Gasteiger partial charge is 0.480 e. The number of amides is 1. The van der Waals surface area contributed by atoms with Crippen molar-refractivity contribution in [2.24, 2.45) is 5.73 Å². The van der Waals surface area contributed by atoms with E-state index in [-0.39, 0.29) is 24.1 Å². The molecule has 1 atom stereocenters. The number of nitrogens with one attached hydrogen (secondary N) is 1. The minimum atomic E-state index is -1.04. The molecule has 1 amide bonds. The SMILES string of the molecule is Cl.NC(CSCNC(=O)c1ccccc1)C(=O)O. The predicted octanol–water partition coefficient (Wildman–Crippen LogP) is 0.941. The molecule has 0 radical (unpaired) electrons. The lowest BCUT2D eigenvalue weighted by Gasteiger charge is -2.07. The maximum Gasteiger partial charge on any atom is 0.321 e. The highest BCUT2D eigenvalue weighted by atomic mass is 35.5. The van der Waals surface area contributed by atoms with Crippen LogP contribution in [0.1, 0.15) is 10.4 Å². The number of hydrogen-bond acceptors (Lipinski definition) is 4. The van der Waals surface area contributed by atoms with Crippen molar-refractivity contribution < 1.29 is 14.7 Å². The average Bonchev–Trinajstić information content (AvgIpc) is 2.35. The van der Waals surface area contributed by atoms with Gasteiger partial charge in [-0.25, -0.2) is 0 Å². The van der Waals surface area contributed by atoms with Gasteiger partial charge in [0, 0.05) is 11.3 Å². The summed E-state index contributed by atoms with van der Waals surface area (Å²) in [4.78, 5) is 22.0. The van der Waals surface area contributed by atoms with E-state index in [0.717, 1.165) is 0 Å². The number of hydrogen-bond donors (Lipinski definition) is 3. The number of carbonyl (C=O) groups is 2. The van der Waals surface area contributed by atoms with Crippen LogP contribution in [0.3, 0.4) is 0 Å². The van der Waals surface area contributed by atoms with Crippen LogP contribution < -0.4 is 11.1 Å². The van der Waals surface area contributed by atoms with Crippen molar-refractivity contribution in [1.29, 1.82) is 0 Å². The number of benzene rings is 1. The lowest BCUT2D eigenvalue weighted by molar-refractivity contribution is -0.137. The molecule has 0 heterocycles. The third kappa shape index (κ3) is 5.90. The summed E-state index contributed by atoms with van der Waals surface area (Å²) in [6.07, 6.45) is 0. The third-order valence-corrected chi connectivity index (χ3v) is 2.93. The molecule has 4 N–H and O–H groups in total. The van der Waals surface area contributed by atoms with Crippen molar-refractivity contribution in [3.8, 4) is 0 Å². The first-order valence-corrected chi connectivity index (χ1v) is 6.16. The Hall–Kier alpha value is -1.24. The van der Waals surface area contributed by atoms with Gasteiger partial charge in [0.1, 0.15) is 6.04 Å². The molecule has 0 bridgehead atoms. The van der Waals surface area contributed by atoms with E-state index in [1.54, 1.807) is 24.3 Å². The second-order valence-electron chi connectivity index (χ2n) is 3.33. The van der Waals surface area contributed by atoms with E-state index in [9.17, 15) is 9.59 Å². The van der Waals surface area contributed by atoms with Crippen LogP contribution in [0.4, 0.5) is 0 Å². The van der Waals surface area contributed by atoms with E-state index in [1.807, 2.05) is 6.07 Å². The van der Waals surface area contributed by atoms with E-state index in [2.05, 4.69) is 5.32 Å². The Morgan fingerprint density at radius 2 is 1.94 bits per heavy atom. The summed E-state index contributed by atoms with van der Waals surface area (Å²) in [5.41, 5.74) is 5.89. The van der Waals surface area contributed by atoms with Gasteiger partial charge in [-0.05, 0) is 12.1 Å². The number of nitrogens with two attached hydrogens (primary N) is 1. The molecule has 1 aromatic carbocycles. The van der Waals surface area contributed by atoms with Crippen molar-refractivity contribution in [2.75, 3.05) is 11.6 Å². The molecule has 0 spiro atoms. The number of rotatable bonds is 6. The average molecular weight is 291 g/mol. The van der Waals surface area contributed by atoms with E-state index in [0.29, 0.717) is 11.4 Å². The monoisotopic (exact) mass is 290 g/mol. The molecule has 1 rings (SSSR count). The fourth-order valence-corrected chi connectivity index (χ4v) is 1.81. The Balaban J connectivity index is 0.00000289. The van der Waals surface area contributed by atoms with Crippen molar-refractivity contribution >= 4 is 36.0 Å². The summed E-state index contributed by atoms with van der Waals surface area (Å²) in [6, 6.07) is 7.92. The van der Waals surface area contributed by atoms with Crippen LogP contribution in [0.5, 0.6) is 0 Å². The van der Waals surface area contributed by atoms with Gasteiger partial charge < -0.3 is 16.2 Å². The highest BCUT2D eigenvalue weighted by Crippen LogP contribution is 2.02. The highest BCUT2D eigenvalue weighted by molar-refractivity contribution is 7.99. The van der Waals surface area contributed by atoms with Crippen molar-refractivity contribution in [1.82, 2.24) is 5.32 Å². The summed E-state index contributed by atoms with van der Waals surface area (Å²) in [5, 5.41) is 11.2. The molecule has 1 unspecified atom stereocenters. The molecule has 0 saturated heterocycles. The van der Waals surface area contributed by atoms with Gasteiger partial charge in [0.15, 0.2) is 0 Å². The molecular formula is C11H15ClN2O3S. The van der Waals surface area contributed by atoms with Gasteiger partial charge in [-0.3, -0.25) is 9.59 Å². The van der Waals surface area contributed by atoms with Crippen LogP contribution >= 0.6 is 24.2 Å². The zero-order valence-corrected chi connectivity index (χ0v) is 11.2. The second kappa shape index (κ2) is 8.79. The van der Waals surface area contributed by atoms with Gasteiger partial charge in [-0.2, -0.15) is 0 Å². The second-order valence-corrected chi connectivity index (χ2v) is 4.36. The zero-order valence-electron chi connectivity index (χ0n) is 9.54. The number of aliphatic carboxylic acids is 1. The van der Waals surface area contributed by atoms with Crippen molar-refractivity contribution in [3.05, 3.63) is 35.9 Å². The summed E-state index contributed by atoms with van der Waals surface area (Å²) in [5.74, 6) is -0.604. The van der Waals surface area contributed by atoms with Gasteiger partial charge in [0.05, 0.1) is 5.88 Å². The molecular weight excluding hydrogens is 276 g/mol. The smallest absolute Gasteiger partial charge is 0.321 e. The molecule has 0 fully saturated rings. The van der Waals surface area contributed by atoms with Crippen LogP contribution in [-0.4, -0.2) is 34.7 Å². The number of thioether (sulfide) groups is 1. The summed E-state index contributed by atoms with van der Waals surface area (Å²) in [6.45, 7) is 0. The lowest BCUT2D eigenvalue weighted by atomic mass is 10.2. The number of carboxylic acids is 1. The molecule has 18 heavy (non-hydrogen) atoms. The summed E-state index contributed by atoms with van der Waals surface area (Å²) in [7, 11) is 0. The van der Waals surface area contributed by atoms with Gasteiger partial charge in [0.2, 0.25) is 0 Å². The molecule has 0 saturated carbocycles. The Morgan fingerprint density at radius 3 is 2.50 bits per heavy atom. The van der Waals surface area contributed by atoms with Crippen molar-refractivity contribution in [2.45, 2.75) is 6.04 Å². The molecule has 0 aliphatic rings. The quantitative estimate of drug-likeness (QED) is 0.536. The molecule has 0 aliphatic heterocycles. The van der Waals surface area contributed by atoms with Crippen LogP contribution in [-0.2, 0) is 4.79 Å². The Labute approximate surface area is 116 Å². The third-order valence-electron chi connectivity index (χ3n) is 1.99. The number of carbonyl (C=O) groups excluding carboxylic acids is 1. The first kappa shape index (κ1) is 16.8. The molecule has 0 aliphatic carbocycles. The van der Waals surface area contributed by atoms with Gasteiger partial charge in [-0.15, -0.1) is 24.2 Å². The van der Waals surface area contributed by atoms with E-state index < -0.39 is 12.0 Å². The van der Waals surface area contributed by atoms with Gasteiger partial charge >= 0.3 is 5.97 Å². The standard InChI is InChI=1S/C11H14N2O3S.ClH/c12-9(11(15)16)6-17-7-13-10(14)8-4-2-1-3-5-8;/h1-5,9H,6-7,12H2,(H,13,14)(H,15,16);1H. The molecule has 0 aromatic heterocycles. The van der Waals surface area contributed by atoms with Crippen molar-refractivity contribution in [3.63, 3.8) is 0 Å². The van der Waals surface area contributed by atoms with Crippen LogP contribution in [0.15, 0.2) is 30.3 Å². The summed E-state index contributed by atoms with van der Waals surface area (Å²) >= 11 is 1.27. The first-order valence-electron chi connectivity index (χ1n) is 5.00. The fourth-order valence-electron chi connectivity index (χ4n) is 1.07. The lowest BCUT2D eigenvalue weighted by Crippen LogP contribution is -2.33. The topological polar surface area (TPSA) is 92.4 Å². The molecule has 7 heteroatoms. The van der Waals surface area contributed by atoms with Gasteiger partial charge in [0.25, 0.3) is 5.91 Å². The minimum absolute atomic E-state index is 0. The van der Waals surface area contributed by atoms with Crippen LogP contribution in [0, 0.1) is 0 Å². The maximum absolute atomic E-state index is 11.6. The van der Waals surface area contributed by atoms with E-state index >= 15 is 0 Å². The summed E-state index contributed by atoms with van der Waals surface area (Å²) < 4.78 is 0. The van der Waals surface area contributed by atoms with E-state index in [4.69, 9.17) is 10.8 Å². The number of carboxylic acid groups (broad SMARTS) is 1. The predicted molar refractivity (Wildman–Crippen MR) is 74.1 cm³/mol. The fraction of sp³-hybridized carbons (Fsp3) is 0.273. The molecule has 1 aromatic rings. The Kier molecular flexibility index (Phi) is 8.19. The zero-order chi connectivity index (χ0) is 12.7. The molecule has 100 valence electrons. The van der Waals surface area contributed by atoms with Gasteiger partial charge in [-0.1, -0.05) is 18.2 Å². The van der Waals surface area contributed by atoms with Crippen LogP contribution in [0.25, 0.3) is 0 Å². The molecule has 5 nitrogen and oxygen atoms in total. The maximum atomic E-state index is 11.6. The van der Waals surface area contributed by atoms with E-state index in [1.165, 1.54) is 11.8 Å². The Bertz CT molecular complexity index is 389. The highest BCUT2D eigenvalue weighted by Gasteiger charge is 2.11. The minimum Gasteiger partial charge on any atom is -0.480 e.